The largest absolute Gasteiger partial charge is 0.497 e. The molecule has 1 saturated heterocycles. The second-order valence-corrected chi connectivity index (χ2v) is 4.29. The fraction of sp³-hybridized carbons (Fsp3) is 0.538. The Labute approximate surface area is 102 Å². The molecule has 1 aliphatic heterocycles. The third-order valence-electron chi connectivity index (χ3n) is 3.15. The van der Waals surface area contributed by atoms with Crippen LogP contribution in [-0.4, -0.2) is 38.1 Å². The van der Waals surface area contributed by atoms with Gasteiger partial charge in [-0.3, -0.25) is 0 Å². The average Bonchev–Trinajstić information content (AvgIpc) is 2.90. The van der Waals surface area contributed by atoms with Gasteiger partial charge in [-0.25, -0.2) is 0 Å². The molecule has 2 N–H and O–H groups in total. The first-order valence-corrected chi connectivity index (χ1v) is 5.92. The van der Waals surface area contributed by atoms with E-state index in [9.17, 15) is 5.11 Å². The zero-order valence-corrected chi connectivity index (χ0v) is 10.1. The molecule has 0 radical (unpaired) electrons. The summed E-state index contributed by atoms with van der Waals surface area (Å²) in [6.45, 7) is 1.63. The van der Waals surface area contributed by atoms with E-state index >= 15 is 0 Å². The third kappa shape index (κ3) is 3.11. The number of rotatable bonds is 5. The highest BCUT2D eigenvalue weighted by Gasteiger charge is 2.25. The number of aliphatic hydroxyl groups is 1. The van der Waals surface area contributed by atoms with Gasteiger partial charge in [0.1, 0.15) is 5.75 Å². The smallest absolute Gasteiger partial charge is 0.120 e. The highest BCUT2D eigenvalue weighted by Crippen LogP contribution is 2.22. The molecule has 1 aromatic rings. The van der Waals surface area contributed by atoms with Gasteiger partial charge in [0.15, 0.2) is 0 Å². The molecule has 0 amide bonds. The molecule has 0 bridgehead atoms. The minimum Gasteiger partial charge on any atom is -0.497 e. The van der Waals surface area contributed by atoms with Crippen LogP contribution in [0.3, 0.4) is 0 Å². The van der Waals surface area contributed by atoms with Crippen LogP contribution < -0.4 is 10.1 Å². The molecule has 0 saturated carbocycles. The Morgan fingerprint density at radius 2 is 2.47 bits per heavy atom. The van der Waals surface area contributed by atoms with Crippen molar-refractivity contribution in [2.75, 3.05) is 32.2 Å². The van der Waals surface area contributed by atoms with Crippen LogP contribution in [0.5, 0.6) is 5.75 Å². The SMILES string of the molecule is COc1cccc(NC(CO)C2CCOC2)c1. The lowest BCUT2D eigenvalue weighted by Crippen LogP contribution is -2.33. The summed E-state index contributed by atoms with van der Waals surface area (Å²) in [5.74, 6) is 1.19. The lowest BCUT2D eigenvalue weighted by molar-refractivity contribution is 0.170. The van der Waals surface area contributed by atoms with E-state index in [-0.39, 0.29) is 12.6 Å². The Morgan fingerprint density at radius 3 is 3.12 bits per heavy atom. The first-order valence-electron chi connectivity index (χ1n) is 5.92. The molecule has 94 valence electrons. The van der Waals surface area contributed by atoms with Crippen molar-refractivity contribution in [2.24, 2.45) is 5.92 Å². The number of methoxy groups -OCH3 is 1. The van der Waals surface area contributed by atoms with Gasteiger partial charge in [-0.05, 0) is 18.6 Å². The maximum absolute atomic E-state index is 9.42. The van der Waals surface area contributed by atoms with Crippen molar-refractivity contribution in [3.63, 3.8) is 0 Å². The molecule has 1 aromatic carbocycles. The molecule has 2 atom stereocenters. The van der Waals surface area contributed by atoms with Crippen molar-refractivity contribution in [2.45, 2.75) is 12.5 Å². The molecular weight excluding hydrogens is 218 g/mol. The third-order valence-corrected chi connectivity index (χ3v) is 3.15. The Morgan fingerprint density at radius 1 is 1.59 bits per heavy atom. The maximum atomic E-state index is 9.42. The van der Waals surface area contributed by atoms with E-state index in [0.717, 1.165) is 31.1 Å². The van der Waals surface area contributed by atoms with Crippen molar-refractivity contribution in [1.29, 1.82) is 0 Å². The molecule has 0 aliphatic carbocycles. The van der Waals surface area contributed by atoms with Gasteiger partial charge in [0.05, 0.1) is 26.4 Å². The van der Waals surface area contributed by atoms with E-state index in [1.54, 1.807) is 7.11 Å². The molecule has 1 aliphatic rings. The molecule has 4 heteroatoms. The highest BCUT2D eigenvalue weighted by atomic mass is 16.5. The van der Waals surface area contributed by atoms with Crippen LogP contribution in [0.2, 0.25) is 0 Å². The molecular formula is C13H19NO3. The predicted molar refractivity (Wildman–Crippen MR) is 66.4 cm³/mol. The van der Waals surface area contributed by atoms with Crippen LogP contribution in [-0.2, 0) is 4.74 Å². The average molecular weight is 237 g/mol. The Bertz CT molecular complexity index is 350. The van der Waals surface area contributed by atoms with E-state index in [0.29, 0.717) is 5.92 Å². The maximum Gasteiger partial charge on any atom is 0.120 e. The fourth-order valence-corrected chi connectivity index (χ4v) is 2.11. The van der Waals surface area contributed by atoms with Gasteiger partial charge in [-0.2, -0.15) is 0 Å². The normalized spacial score (nSPS) is 21.2. The van der Waals surface area contributed by atoms with Crippen LogP contribution >= 0.6 is 0 Å². The molecule has 17 heavy (non-hydrogen) atoms. The van der Waals surface area contributed by atoms with Gasteiger partial charge in [0.25, 0.3) is 0 Å². The summed E-state index contributed by atoms with van der Waals surface area (Å²) in [6, 6.07) is 7.78. The number of benzene rings is 1. The monoisotopic (exact) mass is 237 g/mol. The topological polar surface area (TPSA) is 50.7 Å². The summed E-state index contributed by atoms with van der Waals surface area (Å²) < 4.78 is 10.5. The molecule has 1 heterocycles. The minimum absolute atomic E-state index is 0.0459. The number of ether oxygens (including phenoxy) is 2. The van der Waals surface area contributed by atoms with E-state index in [1.165, 1.54) is 0 Å². The zero-order valence-electron chi connectivity index (χ0n) is 10.1. The number of nitrogens with one attached hydrogen (secondary N) is 1. The number of hydrogen-bond acceptors (Lipinski definition) is 4. The van der Waals surface area contributed by atoms with Gasteiger partial charge in [0.2, 0.25) is 0 Å². The second kappa shape index (κ2) is 5.89. The lowest BCUT2D eigenvalue weighted by Gasteiger charge is -2.22. The first-order chi connectivity index (χ1) is 8.33. The van der Waals surface area contributed by atoms with Crippen LogP contribution in [0.1, 0.15) is 6.42 Å². The van der Waals surface area contributed by atoms with Gasteiger partial charge >= 0.3 is 0 Å². The number of hydrogen-bond donors (Lipinski definition) is 2. The van der Waals surface area contributed by atoms with Crippen molar-refractivity contribution < 1.29 is 14.6 Å². The highest BCUT2D eigenvalue weighted by molar-refractivity contribution is 5.49. The second-order valence-electron chi connectivity index (χ2n) is 4.29. The summed E-state index contributed by atoms with van der Waals surface area (Å²) in [5, 5.41) is 12.8. The molecule has 2 rings (SSSR count). The zero-order chi connectivity index (χ0) is 12.1. The van der Waals surface area contributed by atoms with Crippen LogP contribution in [0.25, 0.3) is 0 Å². The van der Waals surface area contributed by atoms with E-state index in [4.69, 9.17) is 9.47 Å². The van der Waals surface area contributed by atoms with Gasteiger partial charge in [-0.1, -0.05) is 6.07 Å². The molecule has 1 fully saturated rings. The van der Waals surface area contributed by atoms with Gasteiger partial charge < -0.3 is 19.9 Å². The summed E-state index contributed by atoms with van der Waals surface area (Å²) in [6.07, 6.45) is 1.00. The summed E-state index contributed by atoms with van der Waals surface area (Å²) in [7, 11) is 1.65. The summed E-state index contributed by atoms with van der Waals surface area (Å²) in [4.78, 5) is 0. The fourth-order valence-electron chi connectivity index (χ4n) is 2.11. The summed E-state index contributed by atoms with van der Waals surface area (Å²) >= 11 is 0. The molecule has 2 unspecified atom stereocenters. The molecule has 0 aromatic heterocycles. The Kier molecular flexibility index (Phi) is 4.23. The van der Waals surface area contributed by atoms with Gasteiger partial charge in [0, 0.05) is 24.3 Å². The van der Waals surface area contributed by atoms with Crippen LogP contribution in [0, 0.1) is 5.92 Å². The summed E-state index contributed by atoms with van der Waals surface area (Å²) in [5.41, 5.74) is 0.968. The Hall–Kier alpha value is -1.26. The molecule has 4 nitrogen and oxygen atoms in total. The minimum atomic E-state index is 0.0459. The van der Waals surface area contributed by atoms with Gasteiger partial charge in [-0.15, -0.1) is 0 Å². The standard InChI is InChI=1S/C13H19NO3/c1-16-12-4-2-3-11(7-12)14-13(8-15)10-5-6-17-9-10/h2-4,7,10,13-15H,5-6,8-9H2,1H3. The quantitative estimate of drug-likeness (QED) is 0.815. The van der Waals surface area contributed by atoms with E-state index in [1.807, 2.05) is 24.3 Å². The molecule has 0 spiro atoms. The van der Waals surface area contributed by atoms with Crippen molar-refractivity contribution in [1.82, 2.24) is 0 Å². The number of anilines is 1. The lowest BCUT2D eigenvalue weighted by atomic mass is 9.99. The Balaban J connectivity index is 2.01. The number of aliphatic hydroxyl groups excluding tert-OH is 1. The van der Waals surface area contributed by atoms with Crippen molar-refractivity contribution in [3.8, 4) is 5.75 Å². The predicted octanol–water partition coefficient (Wildman–Crippen LogP) is 1.50. The van der Waals surface area contributed by atoms with E-state index < -0.39 is 0 Å². The van der Waals surface area contributed by atoms with Crippen molar-refractivity contribution in [3.05, 3.63) is 24.3 Å². The first kappa shape index (κ1) is 12.2. The van der Waals surface area contributed by atoms with Crippen LogP contribution in [0.4, 0.5) is 5.69 Å². The van der Waals surface area contributed by atoms with Crippen molar-refractivity contribution >= 4 is 5.69 Å². The van der Waals surface area contributed by atoms with Crippen LogP contribution in [0.15, 0.2) is 24.3 Å². The van der Waals surface area contributed by atoms with E-state index in [2.05, 4.69) is 5.32 Å².